The van der Waals surface area contributed by atoms with Crippen LogP contribution in [0.25, 0.3) is 0 Å². The normalized spacial score (nSPS) is 15.2. The highest BCUT2D eigenvalue weighted by molar-refractivity contribution is 8.76. The maximum Gasteiger partial charge on any atom is 0.407 e. The number of aliphatic hydroxyl groups excluding tert-OH is 5. The molecular formula is C67H107F2N9O25S3. The molecule has 9 atom stereocenters. The summed E-state index contributed by atoms with van der Waals surface area (Å²) in [6.07, 6.45) is -1.87. The molecule has 11 N–H and O–H groups in total. The van der Waals surface area contributed by atoms with Gasteiger partial charge in [0.25, 0.3) is 0 Å². The second kappa shape index (κ2) is 59.1. The van der Waals surface area contributed by atoms with E-state index in [1.165, 1.54) is 47.6 Å². The fourth-order valence-corrected chi connectivity index (χ4v) is 11.4. The number of hydrogen-bond acceptors (Lipinski definition) is 29. The Morgan fingerprint density at radius 1 is 0.575 bits per heavy atom. The molecule has 0 radical (unpaired) electrons. The number of rotatable bonds is 48. The zero-order valence-electron chi connectivity index (χ0n) is 61.5. The zero-order chi connectivity index (χ0) is 79.1. The van der Waals surface area contributed by atoms with Crippen molar-refractivity contribution in [3.8, 4) is 0 Å². The number of ether oxygens (including phenoxy) is 11. The Bertz CT molecular complexity index is 2920. The maximum absolute atomic E-state index is 14.8. The molecule has 39 heteroatoms. The van der Waals surface area contributed by atoms with E-state index in [9.17, 15) is 47.4 Å². The van der Waals surface area contributed by atoms with E-state index in [4.69, 9.17) is 82.5 Å². The van der Waals surface area contributed by atoms with E-state index in [0.29, 0.717) is 44.2 Å². The van der Waals surface area contributed by atoms with Crippen molar-refractivity contribution in [1.82, 2.24) is 41.6 Å². The Labute approximate surface area is 628 Å². The molecule has 0 saturated carbocycles. The van der Waals surface area contributed by atoms with Crippen LogP contribution in [0, 0.1) is 11.6 Å². The van der Waals surface area contributed by atoms with Crippen molar-refractivity contribution < 1.29 is 130 Å². The summed E-state index contributed by atoms with van der Waals surface area (Å²) in [4.78, 5) is 91.0. The molecule has 0 bridgehead atoms. The number of methoxy groups -OCH3 is 4. The van der Waals surface area contributed by atoms with Gasteiger partial charge in [0.2, 0.25) is 11.8 Å². The number of aromatic nitrogens is 1. The van der Waals surface area contributed by atoms with E-state index in [-0.39, 0.29) is 145 Å². The first-order valence-electron chi connectivity index (χ1n) is 33.8. The van der Waals surface area contributed by atoms with E-state index < -0.39 is 78.0 Å². The van der Waals surface area contributed by atoms with Gasteiger partial charge in [-0.15, -0.1) is 0 Å². The average molecular weight is 1570 g/mol. The molecule has 1 aliphatic heterocycles. The topological polar surface area (TPSA) is 444 Å². The predicted molar refractivity (Wildman–Crippen MR) is 387 cm³/mol. The van der Waals surface area contributed by atoms with Gasteiger partial charge in [-0.05, 0) is 85.2 Å². The van der Waals surface area contributed by atoms with Crippen molar-refractivity contribution in [3.05, 3.63) is 95.7 Å². The molecule has 1 aliphatic rings. The summed E-state index contributed by atoms with van der Waals surface area (Å²) in [7, 11) is 11.5. The van der Waals surface area contributed by atoms with E-state index in [0.717, 1.165) is 45.8 Å². The van der Waals surface area contributed by atoms with Crippen LogP contribution in [0.15, 0.2) is 83.1 Å². The number of thioether (sulfide) groups is 1. The number of carboxylic acid groups (broad SMARTS) is 1. The first-order valence-corrected chi connectivity index (χ1v) is 37.0. The quantitative estimate of drug-likeness (QED) is 0.0111. The van der Waals surface area contributed by atoms with Gasteiger partial charge in [0.15, 0.2) is 25.2 Å². The number of aliphatic hydroxyl groups is 5. The summed E-state index contributed by atoms with van der Waals surface area (Å²) in [5, 5.41) is 73.5. The molecule has 0 saturated heterocycles. The van der Waals surface area contributed by atoms with Crippen LogP contribution in [0.1, 0.15) is 96.6 Å². The third-order valence-corrected chi connectivity index (χ3v) is 18.0. The maximum atomic E-state index is 14.8. The summed E-state index contributed by atoms with van der Waals surface area (Å²) in [5.41, 5.74) is 0.584. The SMILES string of the molecule is CCC(CO)OC(CO)OC.CCC(CO)OC(COC(=O)NCCC(=O)NCCC[C@@]1(c2ccccc2)SC(c2cc(F)ccc2F)=NN1C(=O)N(C)OC)OC.CCC(CO)OC(COC(=O)NCCC(=O)NCCSSc1ccccn1)OC.CCC(CO)OC(COC(=O)NCCC(=O)O)OC. The molecule has 0 fully saturated rings. The molecule has 3 aromatic rings. The van der Waals surface area contributed by atoms with Crippen molar-refractivity contribution in [3.63, 3.8) is 0 Å². The number of amides is 7. The fourth-order valence-electron chi connectivity index (χ4n) is 8.22. The first-order chi connectivity index (χ1) is 51.0. The van der Waals surface area contributed by atoms with Crippen molar-refractivity contribution in [2.75, 3.05) is 134 Å². The lowest BCUT2D eigenvalue weighted by atomic mass is 10.0. The molecular weight excluding hydrogens is 1460 g/mol. The summed E-state index contributed by atoms with van der Waals surface area (Å²) in [6, 6.07) is 17.1. The zero-order valence-corrected chi connectivity index (χ0v) is 64.0. The van der Waals surface area contributed by atoms with Crippen LogP contribution in [0.5, 0.6) is 0 Å². The number of carbonyl (C=O) groups is 7. The molecule has 602 valence electrons. The van der Waals surface area contributed by atoms with Gasteiger partial charge in [-0.25, -0.2) is 38.0 Å². The average Bonchev–Trinajstić information content (AvgIpc) is 1.59. The number of halogens is 2. The molecule has 4 rings (SSSR count). The summed E-state index contributed by atoms with van der Waals surface area (Å²) in [5.74, 6) is -2.11. The molecule has 8 unspecified atom stereocenters. The summed E-state index contributed by atoms with van der Waals surface area (Å²) >= 11 is 1.10. The lowest BCUT2D eigenvalue weighted by molar-refractivity contribution is -0.181. The molecule has 2 aromatic carbocycles. The van der Waals surface area contributed by atoms with Gasteiger partial charge in [-0.2, -0.15) is 10.1 Å². The molecule has 2 heterocycles. The van der Waals surface area contributed by atoms with E-state index in [2.05, 4.69) is 36.7 Å². The van der Waals surface area contributed by atoms with Crippen molar-refractivity contribution in [1.29, 1.82) is 0 Å². The van der Waals surface area contributed by atoms with E-state index >= 15 is 0 Å². The molecule has 34 nitrogen and oxygen atoms in total. The number of alkyl carbamates (subject to hydrolysis) is 3. The highest BCUT2D eigenvalue weighted by atomic mass is 33.1. The largest absolute Gasteiger partial charge is 0.481 e. The Hall–Kier alpha value is -6.90. The molecule has 106 heavy (non-hydrogen) atoms. The molecule has 0 aliphatic carbocycles. The lowest BCUT2D eigenvalue weighted by Crippen LogP contribution is -2.47. The molecule has 7 amide bonds. The third kappa shape index (κ3) is 40.9. The van der Waals surface area contributed by atoms with Crippen LogP contribution in [-0.4, -0.2) is 276 Å². The number of benzene rings is 2. The predicted octanol–water partition coefficient (Wildman–Crippen LogP) is 5.41. The Kier molecular flexibility index (Phi) is 54.1. The monoisotopic (exact) mass is 1570 g/mol. The minimum Gasteiger partial charge on any atom is -0.481 e. The van der Waals surface area contributed by atoms with Gasteiger partial charge in [-0.3, -0.25) is 19.2 Å². The first kappa shape index (κ1) is 97.1. The van der Waals surface area contributed by atoms with E-state index in [1.807, 2.05) is 52.0 Å². The van der Waals surface area contributed by atoms with Crippen molar-refractivity contribution in [2.45, 2.75) is 145 Å². The minimum atomic E-state index is -1.19. The number of carboxylic acids is 1. The number of nitrogens with zero attached hydrogens (tertiary/aromatic N) is 4. The van der Waals surface area contributed by atoms with Crippen molar-refractivity contribution >= 4 is 80.5 Å². The lowest BCUT2D eigenvalue weighted by Gasteiger charge is -2.37. The fraction of sp³-hybridized carbons (Fsp3) is 0.627. The number of aliphatic carboxylic acids is 1. The highest BCUT2D eigenvalue weighted by Crippen LogP contribution is 2.51. The van der Waals surface area contributed by atoms with Crippen LogP contribution in [-0.2, 0) is 76.2 Å². The van der Waals surface area contributed by atoms with Crippen LogP contribution in [0.3, 0.4) is 0 Å². The van der Waals surface area contributed by atoms with Gasteiger partial charge in [0.05, 0.1) is 71.0 Å². The second-order valence-corrected chi connectivity index (χ2v) is 25.6. The standard InChI is InChI=1S/C31H41F2N5O8S.C18H29N3O6S2.C11H21NO7.C7H16O4/c1-5-23(19-39)46-27(43-3)20-45-29(41)35-17-14-26(40)34-16-9-15-31(21-10-7-6-8-11-21)38(30(42)37(2)44-4)36-28(47-31)24-18-22(32)12-13-25(24)33;1-3-14(12-22)27-17(25-2)13-26-18(24)21-9-7-15(23)19-10-11-28-29-16-6-4-5-8-20-16;1-3-8(6-13)19-10(17-2)7-18-11(16)12-5-4-9(14)15;1-3-6(4-8)11-7(5-9)10-2/h6-8,10-13,18,23,27,39H,5,9,14-17,19-20H2,1-4H3,(H,34,40)(H,35,41);4-6,8,14,17,22H,3,7,9-13H2,1-2H3,(H,19,23)(H,21,24);8,10,13H,3-7H2,1-2H3,(H,12,16)(H,14,15);6-9H,3-5H2,1-2H3/t23?,27?,31-;;;/m0.../s1. The number of carbonyl (C=O) groups excluding carboxylic acids is 6. The highest BCUT2D eigenvalue weighted by Gasteiger charge is 2.50. The van der Waals surface area contributed by atoms with Gasteiger partial charge in [-0.1, -0.05) is 86.6 Å². The summed E-state index contributed by atoms with van der Waals surface area (Å²) < 4.78 is 85.1. The molecule has 0 spiro atoms. The number of hydroxylamine groups is 2. The number of hydrogen-bond donors (Lipinski definition) is 11. The minimum absolute atomic E-state index is 0.00321. The van der Waals surface area contributed by atoms with Crippen LogP contribution in [0.2, 0.25) is 0 Å². The van der Waals surface area contributed by atoms with Crippen LogP contribution >= 0.6 is 33.3 Å². The Balaban J connectivity index is 0.000000805. The van der Waals surface area contributed by atoms with Gasteiger partial charge < -0.3 is 109 Å². The van der Waals surface area contributed by atoms with Crippen LogP contribution in [0.4, 0.5) is 28.0 Å². The smallest absolute Gasteiger partial charge is 0.407 e. The summed E-state index contributed by atoms with van der Waals surface area (Å²) in [6.45, 7) is 7.13. The van der Waals surface area contributed by atoms with Crippen molar-refractivity contribution in [2.24, 2.45) is 5.10 Å². The van der Waals surface area contributed by atoms with Gasteiger partial charge in [0, 0.05) is 98.6 Å². The van der Waals surface area contributed by atoms with Gasteiger partial charge in [0.1, 0.15) is 46.4 Å². The molecule has 1 aromatic heterocycles. The number of nitrogens with one attached hydrogen (secondary N) is 5. The van der Waals surface area contributed by atoms with Crippen LogP contribution < -0.4 is 26.6 Å². The number of hydrazone groups is 1. The second-order valence-electron chi connectivity index (χ2n) is 21.9. The number of pyridine rings is 1. The Morgan fingerprint density at radius 3 is 1.44 bits per heavy atom. The number of urea groups is 1. The van der Waals surface area contributed by atoms with Gasteiger partial charge >= 0.3 is 30.3 Å². The Morgan fingerprint density at radius 2 is 1.03 bits per heavy atom. The third-order valence-electron chi connectivity index (χ3n) is 14.3. The van der Waals surface area contributed by atoms with E-state index in [1.54, 1.807) is 52.1 Å².